The highest BCUT2D eigenvalue weighted by Crippen LogP contribution is 2.21. The molecule has 0 amide bonds. The second-order valence-corrected chi connectivity index (χ2v) is 3.55. The summed E-state index contributed by atoms with van der Waals surface area (Å²) >= 11 is 0. The van der Waals surface area contributed by atoms with Gasteiger partial charge in [-0.2, -0.15) is 5.10 Å². The largest absolute Gasteiger partial charge is 0.382 e. The summed E-state index contributed by atoms with van der Waals surface area (Å²) in [6, 6.07) is 5.61. The number of aryl methyl sites for hydroxylation is 1. The van der Waals surface area contributed by atoms with Crippen LogP contribution >= 0.6 is 0 Å². The molecule has 16 heavy (non-hydrogen) atoms. The summed E-state index contributed by atoms with van der Waals surface area (Å²) in [5.41, 5.74) is 8.05. The normalized spacial score (nSPS) is 11.1. The molecule has 80 valence electrons. The molecule has 0 spiro atoms. The van der Waals surface area contributed by atoms with Crippen molar-refractivity contribution in [3.63, 3.8) is 0 Å². The number of nitrogen functional groups attached to an aromatic ring is 1. The molecule has 0 fully saturated rings. The fourth-order valence-corrected chi connectivity index (χ4v) is 1.72. The van der Waals surface area contributed by atoms with Crippen LogP contribution in [0.15, 0.2) is 24.4 Å². The van der Waals surface area contributed by atoms with E-state index in [1.807, 2.05) is 23.7 Å². The van der Waals surface area contributed by atoms with E-state index < -0.39 is 0 Å². The number of H-pyrrole nitrogens is 1. The SMILES string of the molecule is Cn1c(-c2cc(N)n[nH]2)nc2ncccc21. The molecule has 0 aliphatic carbocycles. The Labute approximate surface area is 91.1 Å². The zero-order valence-corrected chi connectivity index (χ0v) is 8.68. The van der Waals surface area contributed by atoms with Crippen molar-refractivity contribution in [2.75, 3.05) is 5.73 Å². The van der Waals surface area contributed by atoms with E-state index in [2.05, 4.69) is 20.2 Å². The van der Waals surface area contributed by atoms with Gasteiger partial charge in [-0.3, -0.25) is 5.10 Å². The standard InChI is InChI=1S/C10H10N6/c1-16-7-3-2-4-12-9(7)13-10(16)6-5-8(11)15-14-6/h2-5H,1H3,(H3,11,14,15). The average molecular weight is 214 g/mol. The minimum Gasteiger partial charge on any atom is -0.382 e. The van der Waals surface area contributed by atoms with Crippen molar-refractivity contribution in [2.24, 2.45) is 7.05 Å². The van der Waals surface area contributed by atoms with Crippen LogP contribution in [0, 0.1) is 0 Å². The molecule has 0 aliphatic heterocycles. The van der Waals surface area contributed by atoms with Gasteiger partial charge in [0.15, 0.2) is 11.5 Å². The van der Waals surface area contributed by atoms with Crippen molar-refractivity contribution in [3.8, 4) is 11.5 Å². The third kappa shape index (κ3) is 1.16. The number of aromatic amines is 1. The molecule has 0 aliphatic rings. The number of fused-ring (bicyclic) bond motifs is 1. The van der Waals surface area contributed by atoms with Crippen LogP contribution in [0.25, 0.3) is 22.7 Å². The van der Waals surface area contributed by atoms with Gasteiger partial charge in [0.2, 0.25) is 0 Å². The van der Waals surface area contributed by atoms with Crippen LogP contribution < -0.4 is 5.73 Å². The Kier molecular flexibility index (Phi) is 1.70. The Morgan fingerprint density at radius 3 is 3.00 bits per heavy atom. The van der Waals surface area contributed by atoms with Gasteiger partial charge in [-0.1, -0.05) is 0 Å². The van der Waals surface area contributed by atoms with Crippen LogP contribution in [-0.2, 0) is 7.05 Å². The lowest BCUT2D eigenvalue weighted by molar-refractivity contribution is 0.944. The molecule has 3 rings (SSSR count). The maximum absolute atomic E-state index is 5.57. The van der Waals surface area contributed by atoms with Crippen LogP contribution in [0.2, 0.25) is 0 Å². The minimum atomic E-state index is 0.454. The number of pyridine rings is 1. The lowest BCUT2D eigenvalue weighted by Gasteiger charge is -1.97. The van der Waals surface area contributed by atoms with Gasteiger partial charge in [-0.15, -0.1) is 0 Å². The predicted molar refractivity (Wildman–Crippen MR) is 60.5 cm³/mol. The number of imidazole rings is 1. The Hall–Kier alpha value is -2.37. The highest BCUT2D eigenvalue weighted by Gasteiger charge is 2.11. The monoisotopic (exact) mass is 214 g/mol. The molecule has 0 unspecified atom stereocenters. The molecule has 0 saturated carbocycles. The first-order valence-electron chi connectivity index (χ1n) is 4.84. The summed E-state index contributed by atoms with van der Waals surface area (Å²) in [5, 5.41) is 6.72. The van der Waals surface area contributed by atoms with Gasteiger partial charge >= 0.3 is 0 Å². The van der Waals surface area contributed by atoms with Crippen molar-refractivity contribution in [1.82, 2.24) is 24.7 Å². The average Bonchev–Trinajstić information content (AvgIpc) is 2.84. The van der Waals surface area contributed by atoms with Gasteiger partial charge in [-0.25, -0.2) is 9.97 Å². The topological polar surface area (TPSA) is 85.4 Å². The second-order valence-electron chi connectivity index (χ2n) is 3.55. The molecule has 0 bridgehead atoms. The van der Waals surface area contributed by atoms with Crippen LogP contribution in [0.1, 0.15) is 0 Å². The van der Waals surface area contributed by atoms with Gasteiger partial charge in [0.1, 0.15) is 11.5 Å². The predicted octanol–water partition coefficient (Wildman–Crippen LogP) is 0.941. The number of aromatic nitrogens is 5. The lowest BCUT2D eigenvalue weighted by Crippen LogP contribution is -1.92. The van der Waals surface area contributed by atoms with Gasteiger partial charge in [0, 0.05) is 19.3 Å². The van der Waals surface area contributed by atoms with Crippen LogP contribution in [0.3, 0.4) is 0 Å². The van der Waals surface area contributed by atoms with Gasteiger partial charge in [0.25, 0.3) is 0 Å². The fraction of sp³-hybridized carbons (Fsp3) is 0.100. The van der Waals surface area contributed by atoms with Crippen molar-refractivity contribution in [1.29, 1.82) is 0 Å². The van der Waals surface area contributed by atoms with E-state index in [1.54, 1.807) is 12.3 Å². The second kappa shape index (κ2) is 3.06. The molecule has 3 heterocycles. The molecule has 6 nitrogen and oxygen atoms in total. The van der Waals surface area contributed by atoms with Gasteiger partial charge in [0.05, 0.1) is 5.52 Å². The maximum Gasteiger partial charge on any atom is 0.178 e. The fourth-order valence-electron chi connectivity index (χ4n) is 1.72. The van der Waals surface area contributed by atoms with E-state index in [4.69, 9.17) is 5.73 Å². The lowest BCUT2D eigenvalue weighted by atomic mass is 10.4. The third-order valence-electron chi connectivity index (χ3n) is 2.50. The molecule has 0 aromatic carbocycles. The zero-order chi connectivity index (χ0) is 11.1. The molecule has 0 atom stereocenters. The van der Waals surface area contributed by atoms with Crippen molar-refractivity contribution in [3.05, 3.63) is 24.4 Å². The van der Waals surface area contributed by atoms with Gasteiger partial charge in [-0.05, 0) is 12.1 Å². The number of nitrogens with one attached hydrogen (secondary N) is 1. The molecular formula is C10H10N6. The quantitative estimate of drug-likeness (QED) is 0.631. The van der Waals surface area contributed by atoms with E-state index in [0.29, 0.717) is 11.5 Å². The van der Waals surface area contributed by atoms with E-state index >= 15 is 0 Å². The highest BCUT2D eigenvalue weighted by molar-refractivity contribution is 5.76. The first-order chi connectivity index (χ1) is 7.75. The number of hydrogen-bond donors (Lipinski definition) is 2. The summed E-state index contributed by atoms with van der Waals surface area (Å²) in [6.45, 7) is 0. The molecule has 3 N–H and O–H groups in total. The van der Waals surface area contributed by atoms with E-state index in [0.717, 1.165) is 17.0 Å². The van der Waals surface area contributed by atoms with Crippen molar-refractivity contribution >= 4 is 17.0 Å². The Balaban J connectivity index is 2.28. The number of anilines is 1. The first kappa shape index (κ1) is 8.90. The molecule has 3 aromatic heterocycles. The Bertz CT molecular complexity index is 650. The summed E-state index contributed by atoms with van der Waals surface area (Å²) < 4.78 is 1.95. The number of rotatable bonds is 1. The van der Waals surface area contributed by atoms with E-state index in [9.17, 15) is 0 Å². The maximum atomic E-state index is 5.57. The number of nitrogens with zero attached hydrogens (tertiary/aromatic N) is 4. The molecule has 3 aromatic rings. The molecule has 0 radical (unpaired) electrons. The smallest absolute Gasteiger partial charge is 0.178 e. The number of nitrogens with two attached hydrogens (primary N) is 1. The van der Waals surface area contributed by atoms with E-state index in [-0.39, 0.29) is 0 Å². The van der Waals surface area contributed by atoms with Crippen LogP contribution in [0.5, 0.6) is 0 Å². The summed E-state index contributed by atoms with van der Waals surface area (Å²) in [7, 11) is 1.93. The summed E-state index contributed by atoms with van der Waals surface area (Å²) in [6.07, 6.45) is 1.72. The number of hydrogen-bond acceptors (Lipinski definition) is 4. The first-order valence-corrected chi connectivity index (χ1v) is 4.84. The van der Waals surface area contributed by atoms with Gasteiger partial charge < -0.3 is 10.3 Å². The molecular weight excluding hydrogens is 204 g/mol. The highest BCUT2D eigenvalue weighted by atomic mass is 15.2. The Morgan fingerprint density at radius 2 is 2.31 bits per heavy atom. The van der Waals surface area contributed by atoms with Crippen LogP contribution in [0.4, 0.5) is 5.82 Å². The zero-order valence-electron chi connectivity index (χ0n) is 8.68. The van der Waals surface area contributed by atoms with Crippen LogP contribution in [-0.4, -0.2) is 24.7 Å². The third-order valence-corrected chi connectivity index (χ3v) is 2.50. The summed E-state index contributed by atoms with van der Waals surface area (Å²) in [4.78, 5) is 8.62. The van der Waals surface area contributed by atoms with Crippen molar-refractivity contribution < 1.29 is 0 Å². The summed E-state index contributed by atoms with van der Waals surface area (Å²) in [5.74, 6) is 1.23. The molecule has 6 heteroatoms. The Morgan fingerprint density at radius 1 is 1.44 bits per heavy atom. The minimum absolute atomic E-state index is 0.454. The van der Waals surface area contributed by atoms with E-state index in [1.165, 1.54) is 0 Å². The van der Waals surface area contributed by atoms with Crippen molar-refractivity contribution in [2.45, 2.75) is 0 Å². The molecule has 0 saturated heterocycles.